The molecule has 0 aliphatic carbocycles. The molecule has 98 valence electrons. The number of amides is 1. The van der Waals surface area contributed by atoms with E-state index in [0.717, 1.165) is 13.1 Å². The van der Waals surface area contributed by atoms with E-state index in [1.54, 1.807) is 12.1 Å². The number of nitrogens with zero attached hydrogens (tertiary/aromatic N) is 1. The minimum atomic E-state index is -0.609. The zero-order valence-corrected chi connectivity index (χ0v) is 10.6. The van der Waals surface area contributed by atoms with E-state index in [1.165, 1.54) is 6.07 Å². The normalized spacial score (nSPS) is 24.1. The molecule has 5 heteroatoms. The fourth-order valence-electron chi connectivity index (χ4n) is 2.44. The van der Waals surface area contributed by atoms with Gasteiger partial charge in [-0.25, -0.2) is 4.39 Å². The third-order valence-electron chi connectivity index (χ3n) is 3.13. The highest BCUT2D eigenvalue weighted by molar-refractivity contribution is 5.93. The van der Waals surface area contributed by atoms with Gasteiger partial charge in [0.05, 0.1) is 5.69 Å². The lowest BCUT2D eigenvalue weighted by Gasteiger charge is -2.37. The molecule has 1 heterocycles. The fourth-order valence-corrected chi connectivity index (χ4v) is 2.44. The Morgan fingerprint density at radius 1 is 1.39 bits per heavy atom. The summed E-state index contributed by atoms with van der Waals surface area (Å²) in [4.78, 5) is 13.0. The predicted octanol–water partition coefficient (Wildman–Crippen LogP) is 1.11. The Balaban J connectivity index is 2.25. The molecule has 1 amide bonds. The molecule has 1 aliphatic heterocycles. The minimum Gasteiger partial charge on any atom is -0.366 e. The van der Waals surface area contributed by atoms with Gasteiger partial charge in [-0.05, 0) is 32.0 Å². The first kappa shape index (κ1) is 12.8. The SMILES string of the molecule is CC1CN(c2ccc(C(N)=O)cc2F)CC(C)N1. The van der Waals surface area contributed by atoms with Gasteiger partial charge in [-0.15, -0.1) is 0 Å². The maximum Gasteiger partial charge on any atom is 0.248 e. The molecule has 4 nitrogen and oxygen atoms in total. The number of rotatable bonds is 2. The number of hydrogen-bond donors (Lipinski definition) is 2. The van der Waals surface area contributed by atoms with E-state index in [0.29, 0.717) is 17.8 Å². The first-order valence-electron chi connectivity index (χ1n) is 6.07. The minimum absolute atomic E-state index is 0.201. The maximum atomic E-state index is 14.0. The van der Waals surface area contributed by atoms with Gasteiger partial charge < -0.3 is 16.0 Å². The fraction of sp³-hybridized carbons (Fsp3) is 0.462. The average Bonchev–Trinajstić information content (AvgIpc) is 2.27. The van der Waals surface area contributed by atoms with Gasteiger partial charge in [0, 0.05) is 30.7 Å². The third kappa shape index (κ3) is 2.61. The summed E-state index contributed by atoms with van der Waals surface area (Å²) >= 11 is 0. The van der Waals surface area contributed by atoms with Crippen LogP contribution in [0.25, 0.3) is 0 Å². The average molecular weight is 251 g/mol. The van der Waals surface area contributed by atoms with Gasteiger partial charge in [0.15, 0.2) is 0 Å². The van der Waals surface area contributed by atoms with Crippen molar-refractivity contribution in [1.82, 2.24) is 5.32 Å². The second-order valence-corrected chi connectivity index (χ2v) is 4.90. The molecule has 1 aromatic rings. The predicted molar refractivity (Wildman–Crippen MR) is 69.2 cm³/mol. The number of benzene rings is 1. The van der Waals surface area contributed by atoms with Crippen LogP contribution in [0.15, 0.2) is 18.2 Å². The van der Waals surface area contributed by atoms with E-state index in [9.17, 15) is 9.18 Å². The second kappa shape index (κ2) is 4.94. The molecule has 2 unspecified atom stereocenters. The highest BCUT2D eigenvalue weighted by Crippen LogP contribution is 2.22. The first-order valence-corrected chi connectivity index (χ1v) is 6.07. The highest BCUT2D eigenvalue weighted by Gasteiger charge is 2.23. The van der Waals surface area contributed by atoms with Gasteiger partial charge in [-0.3, -0.25) is 4.79 Å². The van der Waals surface area contributed by atoms with Crippen molar-refractivity contribution in [2.75, 3.05) is 18.0 Å². The molecule has 0 bridgehead atoms. The third-order valence-corrected chi connectivity index (χ3v) is 3.13. The number of anilines is 1. The van der Waals surface area contributed by atoms with Crippen molar-refractivity contribution < 1.29 is 9.18 Å². The summed E-state index contributed by atoms with van der Waals surface area (Å²) in [5.41, 5.74) is 5.86. The molecule has 18 heavy (non-hydrogen) atoms. The van der Waals surface area contributed by atoms with Crippen LogP contribution in [0.1, 0.15) is 24.2 Å². The van der Waals surface area contributed by atoms with Gasteiger partial charge in [0.2, 0.25) is 5.91 Å². The molecule has 1 saturated heterocycles. The Kier molecular flexibility index (Phi) is 3.52. The summed E-state index contributed by atoms with van der Waals surface area (Å²) in [5, 5.41) is 3.39. The van der Waals surface area contributed by atoms with Crippen LogP contribution in [0.4, 0.5) is 10.1 Å². The lowest BCUT2D eigenvalue weighted by molar-refractivity contribution is 0.1000. The zero-order valence-electron chi connectivity index (χ0n) is 10.6. The molecule has 0 aromatic heterocycles. The highest BCUT2D eigenvalue weighted by atomic mass is 19.1. The monoisotopic (exact) mass is 251 g/mol. The summed E-state index contributed by atoms with van der Waals surface area (Å²) < 4.78 is 14.0. The Hall–Kier alpha value is -1.62. The van der Waals surface area contributed by atoms with E-state index in [4.69, 9.17) is 5.73 Å². The van der Waals surface area contributed by atoms with Gasteiger partial charge in [0.1, 0.15) is 5.82 Å². The van der Waals surface area contributed by atoms with Crippen LogP contribution >= 0.6 is 0 Å². The summed E-state index contributed by atoms with van der Waals surface area (Å²) in [6, 6.07) is 5.01. The summed E-state index contributed by atoms with van der Waals surface area (Å²) in [6.07, 6.45) is 0. The molecule has 2 rings (SSSR count). The Morgan fingerprint density at radius 3 is 2.50 bits per heavy atom. The largest absolute Gasteiger partial charge is 0.366 e. The number of piperazine rings is 1. The second-order valence-electron chi connectivity index (χ2n) is 4.90. The lowest BCUT2D eigenvalue weighted by Crippen LogP contribution is -2.54. The molecule has 1 aliphatic rings. The molecule has 0 radical (unpaired) electrons. The Morgan fingerprint density at radius 2 is 2.00 bits per heavy atom. The molecule has 3 N–H and O–H groups in total. The Bertz CT molecular complexity index is 454. The van der Waals surface area contributed by atoms with Gasteiger partial charge in [0.25, 0.3) is 0 Å². The number of nitrogens with two attached hydrogens (primary N) is 1. The van der Waals surface area contributed by atoms with Crippen molar-refractivity contribution in [3.05, 3.63) is 29.6 Å². The van der Waals surface area contributed by atoms with Gasteiger partial charge in [-0.2, -0.15) is 0 Å². The molecule has 2 atom stereocenters. The number of nitrogens with one attached hydrogen (secondary N) is 1. The number of primary amides is 1. The van der Waals surface area contributed by atoms with Crippen LogP contribution in [-0.4, -0.2) is 31.1 Å². The number of hydrogen-bond acceptors (Lipinski definition) is 3. The van der Waals surface area contributed by atoms with Crippen LogP contribution in [0.3, 0.4) is 0 Å². The van der Waals surface area contributed by atoms with Crippen LogP contribution in [-0.2, 0) is 0 Å². The van der Waals surface area contributed by atoms with E-state index in [2.05, 4.69) is 19.2 Å². The molecule has 0 spiro atoms. The van der Waals surface area contributed by atoms with Crippen molar-refractivity contribution in [2.24, 2.45) is 5.73 Å². The van der Waals surface area contributed by atoms with E-state index in [1.807, 2.05) is 4.90 Å². The topological polar surface area (TPSA) is 58.4 Å². The Labute approximate surface area is 106 Å². The number of carbonyl (C=O) groups excluding carboxylic acids is 1. The summed E-state index contributed by atoms with van der Waals surface area (Å²) in [7, 11) is 0. The quantitative estimate of drug-likeness (QED) is 0.828. The van der Waals surface area contributed by atoms with Crippen molar-refractivity contribution in [1.29, 1.82) is 0 Å². The van der Waals surface area contributed by atoms with E-state index >= 15 is 0 Å². The van der Waals surface area contributed by atoms with Crippen molar-refractivity contribution in [2.45, 2.75) is 25.9 Å². The first-order chi connectivity index (χ1) is 8.47. The zero-order chi connectivity index (χ0) is 13.3. The van der Waals surface area contributed by atoms with Crippen LogP contribution in [0.5, 0.6) is 0 Å². The van der Waals surface area contributed by atoms with E-state index < -0.39 is 11.7 Å². The van der Waals surface area contributed by atoms with Crippen molar-refractivity contribution in [3.63, 3.8) is 0 Å². The van der Waals surface area contributed by atoms with Crippen LogP contribution < -0.4 is 16.0 Å². The van der Waals surface area contributed by atoms with Crippen LogP contribution in [0.2, 0.25) is 0 Å². The van der Waals surface area contributed by atoms with Crippen molar-refractivity contribution >= 4 is 11.6 Å². The maximum absolute atomic E-state index is 14.0. The van der Waals surface area contributed by atoms with Crippen molar-refractivity contribution in [3.8, 4) is 0 Å². The molecular weight excluding hydrogens is 233 g/mol. The van der Waals surface area contributed by atoms with Gasteiger partial charge >= 0.3 is 0 Å². The van der Waals surface area contributed by atoms with Crippen LogP contribution in [0, 0.1) is 5.82 Å². The number of halogens is 1. The smallest absolute Gasteiger partial charge is 0.248 e. The molecule has 1 fully saturated rings. The summed E-state index contributed by atoms with van der Waals surface area (Å²) in [5.74, 6) is -1.00. The standard InChI is InChI=1S/C13H18FN3O/c1-8-6-17(7-9(2)16-8)12-4-3-10(13(15)18)5-11(12)14/h3-5,8-9,16H,6-7H2,1-2H3,(H2,15,18). The van der Waals surface area contributed by atoms with E-state index in [-0.39, 0.29) is 5.56 Å². The summed E-state index contributed by atoms with van der Waals surface area (Å²) in [6.45, 7) is 5.63. The lowest BCUT2D eigenvalue weighted by atomic mass is 10.1. The van der Waals surface area contributed by atoms with Gasteiger partial charge in [-0.1, -0.05) is 0 Å². The molecule has 0 saturated carbocycles. The number of carbonyl (C=O) groups is 1. The molecular formula is C13H18FN3O. The molecule has 1 aromatic carbocycles.